The first-order valence-corrected chi connectivity index (χ1v) is 5.70. The Labute approximate surface area is 98.8 Å². The SMILES string of the molecule is CC(C)[C@H](Cl)c1cc2ccccc2c(=O)o1. The highest BCUT2D eigenvalue weighted by Crippen LogP contribution is 2.29. The van der Waals surface area contributed by atoms with Gasteiger partial charge in [-0.3, -0.25) is 0 Å². The predicted molar refractivity (Wildman–Crippen MR) is 65.9 cm³/mol. The van der Waals surface area contributed by atoms with E-state index in [0.717, 1.165) is 5.39 Å². The Hall–Kier alpha value is -1.28. The summed E-state index contributed by atoms with van der Waals surface area (Å²) in [7, 11) is 0. The van der Waals surface area contributed by atoms with Crippen molar-refractivity contribution in [1.29, 1.82) is 0 Å². The van der Waals surface area contributed by atoms with E-state index in [2.05, 4.69) is 0 Å². The van der Waals surface area contributed by atoms with Gasteiger partial charge in [0.2, 0.25) is 0 Å². The van der Waals surface area contributed by atoms with Crippen LogP contribution in [0.15, 0.2) is 39.5 Å². The molecule has 0 fully saturated rings. The van der Waals surface area contributed by atoms with Crippen molar-refractivity contribution in [2.75, 3.05) is 0 Å². The van der Waals surface area contributed by atoms with Gasteiger partial charge in [0, 0.05) is 0 Å². The molecular weight excluding hydrogens is 224 g/mol. The minimum atomic E-state index is -0.320. The lowest BCUT2D eigenvalue weighted by atomic mass is 10.1. The van der Waals surface area contributed by atoms with Gasteiger partial charge in [-0.15, -0.1) is 11.6 Å². The first kappa shape index (κ1) is 11.2. The highest BCUT2D eigenvalue weighted by Gasteiger charge is 2.16. The molecule has 84 valence electrons. The van der Waals surface area contributed by atoms with Crippen LogP contribution >= 0.6 is 11.6 Å². The van der Waals surface area contributed by atoms with Crippen LogP contribution in [0.4, 0.5) is 0 Å². The van der Waals surface area contributed by atoms with Crippen molar-refractivity contribution in [2.24, 2.45) is 5.92 Å². The highest BCUT2D eigenvalue weighted by atomic mass is 35.5. The fourth-order valence-corrected chi connectivity index (χ4v) is 1.73. The zero-order valence-electron chi connectivity index (χ0n) is 9.24. The summed E-state index contributed by atoms with van der Waals surface area (Å²) >= 11 is 6.18. The Bertz CT molecular complexity index is 557. The summed E-state index contributed by atoms with van der Waals surface area (Å²) in [6, 6.07) is 9.20. The molecule has 0 radical (unpaired) electrons. The second-order valence-electron chi connectivity index (χ2n) is 4.17. The average molecular weight is 237 g/mol. The molecule has 1 aromatic heterocycles. The fraction of sp³-hybridized carbons (Fsp3) is 0.308. The number of halogens is 1. The van der Waals surface area contributed by atoms with E-state index in [9.17, 15) is 4.79 Å². The lowest BCUT2D eigenvalue weighted by molar-refractivity contribution is 0.429. The maximum Gasteiger partial charge on any atom is 0.343 e. The maximum atomic E-state index is 11.7. The van der Waals surface area contributed by atoms with Crippen LogP contribution in [-0.2, 0) is 0 Å². The first-order chi connectivity index (χ1) is 7.59. The van der Waals surface area contributed by atoms with Crippen molar-refractivity contribution in [3.63, 3.8) is 0 Å². The Morgan fingerprint density at radius 1 is 1.25 bits per heavy atom. The molecule has 1 aromatic carbocycles. The van der Waals surface area contributed by atoms with E-state index in [1.54, 1.807) is 6.07 Å². The standard InChI is InChI=1S/C13H13ClO2/c1-8(2)12(14)11-7-9-5-3-4-6-10(9)13(15)16-11/h3-8,12H,1-2H3/t12-/m0/s1. The van der Waals surface area contributed by atoms with Gasteiger partial charge in [0.05, 0.1) is 10.8 Å². The van der Waals surface area contributed by atoms with E-state index in [-0.39, 0.29) is 16.9 Å². The van der Waals surface area contributed by atoms with E-state index in [1.165, 1.54) is 0 Å². The van der Waals surface area contributed by atoms with Gasteiger partial charge in [-0.05, 0) is 23.4 Å². The van der Waals surface area contributed by atoms with Gasteiger partial charge in [0.1, 0.15) is 5.76 Å². The van der Waals surface area contributed by atoms with Crippen LogP contribution in [0.25, 0.3) is 10.8 Å². The Morgan fingerprint density at radius 2 is 1.94 bits per heavy atom. The predicted octanol–water partition coefficient (Wildman–Crippen LogP) is 3.73. The van der Waals surface area contributed by atoms with Crippen LogP contribution in [0.2, 0.25) is 0 Å². The third kappa shape index (κ3) is 1.98. The van der Waals surface area contributed by atoms with Crippen molar-refractivity contribution in [1.82, 2.24) is 0 Å². The van der Waals surface area contributed by atoms with E-state index in [4.69, 9.17) is 16.0 Å². The molecule has 2 rings (SSSR count). The van der Waals surface area contributed by atoms with Gasteiger partial charge >= 0.3 is 5.63 Å². The van der Waals surface area contributed by atoms with Crippen LogP contribution in [0.1, 0.15) is 25.0 Å². The van der Waals surface area contributed by atoms with Crippen LogP contribution in [0.3, 0.4) is 0 Å². The normalized spacial score (nSPS) is 13.2. The number of benzene rings is 1. The fourth-order valence-electron chi connectivity index (χ4n) is 1.62. The number of hydrogen-bond donors (Lipinski definition) is 0. The van der Waals surface area contributed by atoms with Gasteiger partial charge in [-0.2, -0.15) is 0 Å². The summed E-state index contributed by atoms with van der Waals surface area (Å²) in [4.78, 5) is 11.7. The molecular formula is C13H13ClO2. The number of alkyl halides is 1. The van der Waals surface area contributed by atoms with Crippen molar-refractivity contribution in [3.8, 4) is 0 Å². The Kier molecular flexibility index (Phi) is 3.01. The minimum Gasteiger partial charge on any atom is -0.426 e. The maximum absolute atomic E-state index is 11.7. The summed E-state index contributed by atoms with van der Waals surface area (Å²) in [6.45, 7) is 3.99. The molecule has 0 N–H and O–H groups in total. The molecule has 1 atom stereocenters. The van der Waals surface area contributed by atoms with Crippen LogP contribution in [0.5, 0.6) is 0 Å². The zero-order chi connectivity index (χ0) is 11.7. The molecule has 0 aliphatic carbocycles. The van der Waals surface area contributed by atoms with E-state index >= 15 is 0 Å². The molecule has 0 saturated heterocycles. The van der Waals surface area contributed by atoms with Gasteiger partial charge in [-0.1, -0.05) is 32.0 Å². The molecule has 0 amide bonds. The largest absolute Gasteiger partial charge is 0.426 e. The Balaban J connectivity index is 2.63. The third-order valence-electron chi connectivity index (χ3n) is 2.55. The van der Waals surface area contributed by atoms with Crippen LogP contribution in [-0.4, -0.2) is 0 Å². The van der Waals surface area contributed by atoms with Gasteiger partial charge in [0.15, 0.2) is 0 Å². The smallest absolute Gasteiger partial charge is 0.343 e. The quantitative estimate of drug-likeness (QED) is 0.744. The monoisotopic (exact) mass is 236 g/mol. The molecule has 2 aromatic rings. The average Bonchev–Trinajstić information content (AvgIpc) is 2.28. The highest BCUT2D eigenvalue weighted by molar-refractivity contribution is 6.20. The van der Waals surface area contributed by atoms with Crippen molar-refractivity contribution >= 4 is 22.4 Å². The second-order valence-corrected chi connectivity index (χ2v) is 4.64. The molecule has 0 aliphatic heterocycles. The molecule has 0 spiro atoms. The summed E-state index contributed by atoms with van der Waals surface area (Å²) in [5.74, 6) is 0.770. The minimum absolute atomic E-state index is 0.228. The summed E-state index contributed by atoms with van der Waals surface area (Å²) in [5.41, 5.74) is -0.320. The lowest BCUT2D eigenvalue weighted by Crippen LogP contribution is -2.06. The van der Waals surface area contributed by atoms with Crippen molar-refractivity contribution in [2.45, 2.75) is 19.2 Å². The van der Waals surface area contributed by atoms with Crippen molar-refractivity contribution < 1.29 is 4.42 Å². The molecule has 0 saturated carbocycles. The molecule has 0 aliphatic rings. The Morgan fingerprint density at radius 3 is 2.62 bits per heavy atom. The summed E-state index contributed by atoms with van der Waals surface area (Å²) in [5, 5.41) is 1.20. The zero-order valence-corrected chi connectivity index (χ0v) is 9.99. The van der Waals surface area contributed by atoms with Crippen molar-refractivity contribution in [3.05, 3.63) is 46.5 Å². The van der Waals surface area contributed by atoms with E-state index in [0.29, 0.717) is 11.1 Å². The summed E-state index contributed by atoms with van der Waals surface area (Å²) in [6.07, 6.45) is 0. The molecule has 0 unspecified atom stereocenters. The number of fused-ring (bicyclic) bond motifs is 1. The topological polar surface area (TPSA) is 30.2 Å². The summed E-state index contributed by atoms with van der Waals surface area (Å²) < 4.78 is 5.23. The lowest BCUT2D eigenvalue weighted by Gasteiger charge is -2.12. The molecule has 3 heteroatoms. The molecule has 1 heterocycles. The first-order valence-electron chi connectivity index (χ1n) is 5.26. The van der Waals surface area contributed by atoms with Gasteiger partial charge in [-0.25, -0.2) is 4.79 Å². The second kappa shape index (κ2) is 4.30. The van der Waals surface area contributed by atoms with E-state index < -0.39 is 0 Å². The van der Waals surface area contributed by atoms with Gasteiger partial charge < -0.3 is 4.42 Å². The third-order valence-corrected chi connectivity index (χ3v) is 3.27. The number of hydrogen-bond acceptors (Lipinski definition) is 2. The number of rotatable bonds is 2. The van der Waals surface area contributed by atoms with Gasteiger partial charge in [0.25, 0.3) is 0 Å². The molecule has 0 bridgehead atoms. The van der Waals surface area contributed by atoms with Crippen LogP contribution < -0.4 is 5.63 Å². The van der Waals surface area contributed by atoms with E-state index in [1.807, 2.05) is 38.1 Å². The van der Waals surface area contributed by atoms with Crippen LogP contribution in [0, 0.1) is 5.92 Å². The molecule has 2 nitrogen and oxygen atoms in total. The molecule has 16 heavy (non-hydrogen) atoms.